The number of carbonyl (C=O) groups is 2. The quantitative estimate of drug-likeness (QED) is 0.723. The number of aromatic nitrogens is 5. The molecule has 0 radical (unpaired) electrons. The molecule has 5 rings (SSSR count). The van der Waals surface area contributed by atoms with E-state index < -0.39 is 0 Å². The van der Waals surface area contributed by atoms with Crippen molar-refractivity contribution >= 4 is 22.7 Å². The Kier molecular flexibility index (Phi) is 4.04. The van der Waals surface area contributed by atoms with Gasteiger partial charge in [0.2, 0.25) is 0 Å². The van der Waals surface area contributed by atoms with Crippen molar-refractivity contribution in [1.82, 2.24) is 29.9 Å². The minimum atomic E-state index is -0.0571. The lowest BCUT2D eigenvalue weighted by molar-refractivity contribution is 0.0517. The van der Waals surface area contributed by atoms with E-state index in [0.29, 0.717) is 30.7 Å². The standard InChI is InChI=1S/C21H24N6O2/c1-13(2)27-18-16(12-24-27)8-21(9-17(18)28)3-5-26(6-4-21)20(29)15-7-14-11-23-25-19(14)22-10-15/h7,10-13H,3-6,8-9H2,1-2H3,(H,22,23,25). The smallest absolute Gasteiger partial charge is 0.255 e. The number of pyridine rings is 1. The second-order valence-corrected chi connectivity index (χ2v) is 8.66. The molecule has 3 aromatic heterocycles. The summed E-state index contributed by atoms with van der Waals surface area (Å²) in [4.78, 5) is 32.0. The molecule has 1 saturated heterocycles. The number of nitrogens with one attached hydrogen (secondary N) is 1. The van der Waals surface area contributed by atoms with Crippen LogP contribution in [0.4, 0.5) is 0 Å². The molecule has 1 amide bonds. The van der Waals surface area contributed by atoms with Crippen LogP contribution in [-0.4, -0.2) is 54.6 Å². The number of carbonyl (C=O) groups excluding carboxylic acids is 2. The number of fused-ring (bicyclic) bond motifs is 2. The molecule has 150 valence electrons. The van der Waals surface area contributed by atoms with Gasteiger partial charge in [0, 0.05) is 42.7 Å². The number of ketones is 1. The van der Waals surface area contributed by atoms with Gasteiger partial charge in [0.25, 0.3) is 5.91 Å². The van der Waals surface area contributed by atoms with Crippen molar-refractivity contribution in [1.29, 1.82) is 0 Å². The zero-order valence-electron chi connectivity index (χ0n) is 16.7. The highest BCUT2D eigenvalue weighted by Crippen LogP contribution is 2.44. The average Bonchev–Trinajstić information content (AvgIpc) is 3.34. The Morgan fingerprint density at radius 1 is 1.17 bits per heavy atom. The number of likely N-dealkylation sites (tertiary alicyclic amines) is 1. The van der Waals surface area contributed by atoms with E-state index in [4.69, 9.17) is 0 Å². The fraction of sp³-hybridized carbons (Fsp3) is 0.476. The van der Waals surface area contributed by atoms with Crippen molar-refractivity contribution < 1.29 is 9.59 Å². The zero-order valence-corrected chi connectivity index (χ0v) is 16.7. The molecule has 1 aliphatic heterocycles. The molecule has 1 fully saturated rings. The van der Waals surface area contributed by atoms with Crippen LogP contribution in [0.2, 0.25) is 0 Å². The molecule has 0 saturated carbocycles. The maximum absolute atomic E-state index is 13.0. The van der Waals surface area contributed by atoms with Crippen LogP contribution in [0.1, 0.15) is 65.6 Å². The van der Waals surface area contributed by atoms with Gasteiger partial charge >= 0.3 is 0 Å². The number of Topliss-reactive ketones (excluding diaryl/α,β-unsaturated/α-hetero) is 1. The number of H-pyrrole nitrogens is 1. The first-order valence-corrected chi connectivity index (χ1v) is 10.1. The molecule has 8 nitrogen and oxygen atoms in total. The van der Waals surface area contributed by atoms with Crippen molar-refractivity contribution in [3.63, 3.8) is 0 Å². The minimum absolute atomic E-state index is 0.00842. The normalized spacial score (nSPS) is 18.6. The number of piperidine rings is 1. The summed E-state index contributed by atoms with van der Waals surface area (Å²) in [6.45, 7) is 5.40. The fourth-order valence-electron chi connectivity index (χ4n) is 4.79. The fourth-order valence-corrected chi connectivity index (χ4v) is 4.79. The van der Waals surface area contributed by atoms with E-state index in [1.807, 2.05) is 35.7 Å². The highest BCUT2D eigenvalue weighted by atomic mass is 16.2. The minimum Gasteiger partial charge on any atom is -0.339 e. The maximum Gasteiger partial charge on any atom is 0.255 e. The molecule has 1 N–H and O–H groups in total. The number of hydrogen-bond acceptors (Lipinski definition) is 5. The highest BCUT2D eigenvalue weighted by Gasteiger charge is 2.43. The molecule has 0 unspecified atom stereocenters. The zero-order chi connectivity index (χ0) is 20.2. The van der Waals surface area contributed by atoms with E-state index in [2.05, 4.69) is 20.3 Å². The Balaban J connectivity index is 1.32. The Morgan fingerprint density at radius 2 is 1.97 bits per heavy atom. The van der Waals surface area contributed by atoms with Crippen LogP contribution < -0.4 is 0 Å². The number of rotatable bonds is 2. The molecule has 8 heteroatoms. The lowest BCUT2D eigenvalue weighted by atomic mass is 9.67. The van der Waals surface area contributed by atoms with Crippen molar-refractivity contribution in [3.05, 3.63) is 41.5 Å². The van der Waals surface area contributed by atoms with Crippen LogP contribution in [0, 0.1) is 5.41 Å². The van der Waals surface area contributed by atoms with Gasteiger partial charge in [0.15, 0.2) is 11.4 Å². The summed E-state index contributed by atoms with van der Waals surface area (Å²) < 4.78 is 1.85. The first-order chi connectivity index (χ1) is 14.0. The number of hydrogen-bond donors (Lipinski definition) is 1. The Bertz CT molecular complexity index is 1100. The van der Waals surface area contributed by atoms with Gasteiger partial charge in [-0.15, -0.1) is 0 Å². The molecule has 1 spiro atoms. The molecule has 3 aromatic rings. The Labute approximate surface area is 168 Å². The average molecular weight is 392 g/mol. The van der Waals surface area contributed by atoms with Crippen LogP contribution in [0.3, 0.4) is 0 Å². The molecule has 0 aromatic carbocycles. The van der Waals surface area contributed by atoms with E-state index >= 15 is 0 Å². The predicted molar refractivity (Wildman–Crippen MR) is 107 cm³/mol. The van der Waals surface area contributed by atoms with E-state index in [0.717, 1.165) is 35.9 Å². The van der Waals surface area contributed by atoms with Crippen molar-refractivity contribution in [2.24, 2.45) is 5.41 Å². The Morgan fingerprint density at radius 3 is 2.72 bits per heavy atom. The summed E-state index contributed by atoms with van der Waals surface area (Å²) in [6, 6.07) is 2.01. The molecular weight excluding hydrogens is 368 g/mol. The molecule has 4 heterocycles. The van der Waals surface area contributed by atoms with Gasteiger partial charge in [0.05, 0.1) is 18.0 Å². The molecule has 0 atom stereocenters. The van der Waals surface area contributed by atoms with Gasteiger partial charge in [-0.05, 0) is 44.6 Å². The number of aromatic amines is 1. The van der Waals surface area contributed by atoms with E-state index in [1.54, 1.807) is 12.4 Å². The second kappa shape index (κ2) is 6.50. The highest BCUT2D eigenvalue weighted by molar-refractivity contribution is 5.98. The summed E-state index contributed by atoms with van der Waals surface area (Å²) in [5.74, 6) is 0.178. The summed E-state index contributed by atoms with van der Waals surface area (Å²) in [7, 11) is 0. The van der Waals surface area contributed by atoms with Gasteiger partial charge < -0.3 is 4.90 Å². The monoisotopic (exact) mass is 392 g/mol. The predicted octanol–water partition coefficient (Wildman–Crippen LogP) is 2.79. The third-order valence-electron chi connectivity index (χ3n) is 6.38. The third kappa shape index (κ3) is 2.94. The van der Waals surface area contributed by atoms with Crippen LogP contribution in [0.5, 0.6) is 0 Å². The molecular formula is C21H24N6O2. The molecule has 0 bridgehead atoms. The Hall–Kier alpha value is -3.03. The van der Waals surface area contributed by atoms with Crippen molar-refractivity contribution in [2.75, 3.05) is 13.1 Å². The van der Waals surface area contributed by atoms with Gasteiger partial charge in [-0.1, -0.05) is 0 Å². The van der Waals surface area contributed by atoms with Gasteiger partial charge in [-0.2, -0.15) is 10.2 Å². The van der Waals surface area contributed by atoms with Crippen LogP contribution in [-0.2, 0) is 6.42 Å². The van der Waals surface area contributed by atoms with E-state index in [9.17, 15) is 9.59 Å². The first kappa shape index (κ1) is 18.0. The number of amides is 1. The van der Waals surface area contributed by atoms with Gasteiger partial charge in [-0.25, -0.2) is 4.98 Å². The first-order valence-electron chi connectivity index (χ1n) is 10.1. The summed E-state index contributed by atoms with van der Waals surface area (Å²) >= 11 is 0. The summed E-state index contributed by atoms with van der Waals surface area (Å²) in [5.41, 5.74) is 3.04. The van der Waals surface area contributed by atoms with Crippen LogP contribution in [0.25, 0.3) is 11.0 Å². The largest absolute Gasteiger partial charge is 0.339 e. The molecule has 29 heavy (non-hydrogen) atoms. The van der Waals surface area contributed by atoms with Crippen molar-refractivity contribution in [3.8, 4) is 0 Å². The molecule has 1 aliphatic carbocycles. The summed E-state index contributed by atoms with van der Waals surface area (Å²) in [5, 5.41) is 12.0. The lowest BCUT2D eigenvalue weighted by Gasteiger charge is -2.43. The van der Waals surface area contributed by atoms with Crippen LogP contribution in [0.15, 0.2) is 24.7 Å². The third-order valence-corrected chi connectivity index (χ3v) is 6.38. The van der Waals surface area contributed by atoms with Gasteiger partial charge in [-0.3, -0.25) is 19.4 Å². The van der Waals surface area contributed by atoms with Crippen molar-refractivity contribution in [2.45, 2.75) is 45.6 Å². The SMILES string of the molecule is CC(C)n1ncc2c1C(=O)CC1(CCN(C(=O)c3cnc4[nH]ncc4c3)CC1)C2. The lowest BCUT2D eigenvalue weighted by Crippen LogP contribution is -2.46. The maximum atomic E-state index is 13.0. The second-order valence-electron chi connectivity index (χ2n) is 8.66. The summed E-state index contributed by atoms with van der Waals surface area (Å²) in [6.07, 6.45) is 8.21. The topological polar surface area (TPSA) is 96.8 Å². The van der Waals surface area contributed by atoms with Gasteiger partial charge in [0.1, 0.15) is 5.69 Å². The van der Waals surface area contributed by atoms with E-state index in [1.165, 1.54) is 0 Å². The van der Waals surface area contributed by atoms with E-state index in [-0.39, 0.29) is 23.1 Å². The van der Waals surface area contributed by atoms with Crippen LogP contribution >= 0.6 is 0 Å². The molecule has 2 aliphatic rings. The number of nitrogens with zero attached hydrogens (tertiary/aromatic N) is 5.